The quantitative estimate of drug-likeness (QED) is 0.243. The number of nitrogens with zero attached hydrogens (tertiary/aromatic N) is 2. The molecule has 4 rings (SSSR count). The van der Waals surface area contributed by atoms with Crippen LogP contribution in [0.5, 0.6) is 11.5 Å². The molecular formula is C30H38Cl2N4O4S. The maximum atomic E-state index is 13.2. The van der Waals surface area contributed by atoms with E-state index in [0.29, 0.717) is 28.8 Å². The molecule has 0 aliphatic carbocycles. The molecule has 1 heterocycles. The first-order valence-electron chi connectivity index (χ1n) is 13.6. The van der Waals surface area contributed by atoms with Gasteiger partial charge in [-0.2, -0.15) is 0 Å². The summed E-state index contributed by atoms with van der Waals surface area (Å²) >= 11 is 6.40. The minimum atomic E-state index is -3.31. The Hall–Kier alpha value is -2.98. The summed E-state index contributed by atoms with van der Waals surface area (Å²) in [6.45, 7) is 5.38. The molecule has 0 atom stereocenters. The highest BCUT2D eigenvalue weighted by atomic mass is 35.5. The lowest BCUT2D eigenvalue weighted by Gasteiger charge is -2.34. The number of benzene rings is 3. The summed E-state index contributed by atoms with van der Waals surface area (Å²) in [7, 11) is -3.31. The normalized spacial score (nSPS) is 14.1. The Balaban J connectivity index is 0.00000462. The fourth-order valence-electron chi connectivity index (χ4n) is 4.67. The Kier molecular flexibility index (Phi) is 12.1. The zero-order chi connectivity index (χ0) is 28.5. The van der Waals surface area contributed by atoms with E-state index in [1.54, 1.807) is 29.2 Å². The molecule has 0 unspecified atom stereocenters. The van der Waals surface area contributed by atoms with Crippen LogP contribution in [0.4, 0.5) is 16.2 Å². The first-order chi connectivity index (χ1) is 19.2. The zero-order valence-electron chi connectivity index (χ0n) is 23.4. The molecule has 222 valence electrons. The molecule has 0 radical (unpaired) electrons. The van der Waals surface area contributed by atoms with Gasteiger partial charge in [0.15, 0.2) is 0 Å². The number of likely N-dealkylation sites (tertiary alicyclic amines) is 1. The lowest BCUT2D eigenvalue weighted by Crippen LogP contribution is -2.49. The van der Waals surface area contributed by atoms with Crippen LogP contribution in [0.25, 0.3) is 0 Å². The van der Waals surface area contributed by atoms with Crippen molar-refractivity contribution in [1.82, 2.24) is 10.2 Å². The molecule has 0 aromatic heterocycles. The number of halogens is 2. The smallest absolute Gasteiger partial charge is 0.322 e. The van der Waals surface area contributed by atoms with Crippen LogP contribution < -0.4 is 19.7 Å². The second-order valence-corrected chi connectivity index (χ2v) is 12.3. The van der Waals surface area contributed by atoms with E-state index in [0.717, 1.165) is 57.3 Å². The number of hydrogen-bond acceptors (Lipinski definition) is 5. The number of unbranched alkanes of at least 4 members (excludes halogenated alkanes) is 1. The number of piperidine rings is 1. The molecule has 1 aliphatic rings. The van der Waals surface area contributed by atoms with Gasteiger partial charge in [0.1, 0.15) is 11.5 Å². The molecule has 1 fully saturated rings. The van der Waals surface area contributed by atoms with Crippen LogP contribution in [0.3, 0.4) is 0 Å². The zero-order valence-corrected chi connectivity index (χ0v) is 25.8. The van der Waals surface area contributed by atoms with Gasteiger partial charge in [0, 0.05) is 37.9 Å². The van der Waals surface area contributed by atoms with Crippen LogP contribution >= 0.6 is 24.0 Å². The van der Waals surface area contributed by atoms with Gasteiger partial charge in [-0.1, -0.05) is 49.2 Å². The Morgan fingerprint density at radius 1 is 1.00 bits per heavy atom. The summed E-state index contributed by atoms with van der Waals surface area (Å²) < 4.78 is 31.0. The largest absolute Gasteiger partial charge is 0.457 e. The molecule has 41 heavy (non-hydrogen) atoms. The summed E-state index contributed by atoms with van der Waals surface area (Å²) in [5.41, 5.74) is 2.43. The second-order valence-electron chi connectivity index (χ2n) is 10.1. The number of ether oxygens (including phenoxy) is 1. The third kappa shape index (κ3) is 10.1. The van der Waals surface area contributed by atoms with Crippen LogP contribution in [0.15, 0.2) is 72.8 Å². The standard InChI is InChI=1S/C30H37ClN4O4S.ClH/c1-3-4-19-35(29-8-6-5-7-28(29)31)30(36)32-24-17-20-34(21-18-24)22-23-9-13-26(14-10-23)39-27-15-11-25(12-16-27)33-40(2,37)38;/h5-16,24,33H,3-4,17-22H2,1-2H3,(H,32,36);1H. The van der Waals surface area contributed by atoms with Crippen LogP contribution in [-0.2, 0) is 16.6 Å². The van der Waals surface area contributed by atoms with Crippen LogP contribution in [0.2, 0.25) is 5.02 Å². The number of sulfonamides is 1. The third-order valence-electron chi connectivity index (χ3n) is 6.76. The topological polar surface area (TPSA) is 91.0 Å². The number of carbonyl (C=O) groups excluding carboxylic acids is 1. The Morgan fingerprint density at radius 2 is 1.61 bits per heavy atom. The van der Waals surface area contributed by atoms with E-state index in [9.17, 15) is 13.2 Å². The van der Waals surface area contributed by atoms with Crippen LogP contribution in [0.1, 0.15) is 38.2 Å². The molecule has 11 heteroatoms. The second kappa shape index (κ2) is 15.3. The van der Waals surface area contributed by atoms with Crippen molar-refractivity contribution in [3.8, 4) is 11.5 Å². The number of para-hydroxylation sites is 1. The van der Waals surface area contributed by atoms with Crippen molar-refractivity contribution in [1.29, 1.82) is 0 Å². The summed E-state index contributed by atoms with van der Waals surface area (Å²) in [6, 6.07) is 22.3. The van der Waals surface area contributed by atoms with Gasteiger partial charge >= 0.3 is 6.03 Å². The van der Waals surface area contributed by atoms with Gasteiger partial charge in [0.25, 0.3) is 0 Å². The van der Waals surface area contributed by atoms with Gasteiger partial charge in [0.2, 0.25) is 10.0 Å². The van der Waals surface area contributed by atoms with Gasteiger partial charge in [-0.15, -0.1) is 12.4 Å². The van der Waals surface area contributed by atoms with E-state index >= 15 is 0 Å². The van der Waals surface area contributed by atoms with E-state index in [1.165, 1.54) is 5.56 Å². The highest BCUT2D eigenvalue weighted by Crippen LogP contribution is 2.27. The molecule has 8 nitrogen and oxygen atoms in total. The molecular weight excluding hydrogens is 583 g/mol. The van der Waals surface area contributed by atoms with Crippen molar-refractivity contribution in [2.75, 3.05) is 35.5 Å². The average Bonchev–Trinajstić information content (AvgIpc) is 2.92. The first-order valence-corrected chi connectivity index (χ1v) is 15.9. The van der Waals surface area contributed by atoms with E-state index < -0.39 is 10.0 Å². The molecule has 0 spiro atoms. The molecule has 2 N–H and O–H groups in total. The molecule has 1 saturated heterocycles. The van der Waals surface area contributed by atoms with Crippen molar-refractivity contribution >= 4 is 51.4 Å². The summed E-state index contributed by atoms with van der Waals surface area (Å²) in [4.78, 5) is 17.3. The molecule has 0 saturated carbocycles. The number of anilines is 2. The minimum Gasteiger partial charge on any atom is -0.457 e. The van der Waals surface area contributed by atoms with Crippen molar-refractivity contribution in [3.63, 3.8) is 0 Å². The summed E-state index contributed by atoms with van der Waals surface area (Å²) in [5.74, 6) is 1.33. The Morgan fingerprint density at radius 3 is 2.20 bits per heavy atom. The van der Waals surface area contributed by atoms with Gasteiger partial charge in [-0.25, -0.2) is 13.2 Å². The third-order valence-corrected chi connectivity index (χ3v) is 7.69. The predicted molar refractivity (Wildman–Crippen MR) is 169 cm³/mol. The van der Waals surface area contributed by atoms with E-state index in [4.69, 9.17) is 16.3 Å². The Labute approximate surface area is 254 Å². The Bertz CT molecular complexity index is 1360. The minimum absolute atomic E-state index is 0. The average molecular weight is 622 g/mol. The first kappa shape index (κ1) is 32.5. The van der Waals surface area contributed by atoms with Crippen molar-refractivity contribution < 1.29 is 17.9 Å². The monoisotopic (exact) mass is 620 g/mol. The van der Waals surface area contributed by atoms with Crippen LogP contribution in [0, 0.1) is 0 Å². The van der Waals surface area contributed by atoms with Crippen molar-refractivity contribution in [3.05, 3.63) is 83.4 Å². The van der Waals surface area contributed by atoms with Gasteiger partial charge < -0.3 is 10.1 Å². The number of hydrogen-bond donors (Lipinski definition) is 2. The summed E-state index contributed by atoms with van der Waals surface area (Å²) in [5, 5.41) is 3.82. The fraction of sp³-hybridized carbons (Fsp3) is 0.367. The molecule has 0 bridgehead atoms. The number of urea groups is 1. The van der Waals surface area contributed by atoms with Gasteiger partial charge in [-0.3, -0.25) is 14.5 Å². The predicted octanol–water partition coefficient (Wildman–Crippen LogP) is 6.91. The van der Waals surface area contributed by atoms with Crippen molar-refractivity contribution in [2.45, 2.75) is 45.2 Å². The number of carbonyl (C=O) groups is 1. The lowest BCUT2D eigenvalue weighted by atomic mass is 10.0. The fourth-order valence-corrected chi connectivity index (χ4v) is 5.47. The molecule has 3 aromatic carbocycles. The highest BCUT2D eigenvalue weighted by molar-refractivity contribution is 7.92. The SMILES string of the molecule is CCCCN(C(=O)NC1CCN(Cc2ccc(Oc3ccc(NS(C)(=O)=O)cc3)cc2)CC1)c1ccccc1Cl.Cl. The number of nitrogens with one attached hydrogen (secondary N) is 2. The van der Waals surface area contributed by atoms with E-state index in [1.807, 2.05) is 36.4 Å². The van der Waals surface area contributed by atoms with Crippen LogP contribution in [-0.4, -0.2) is 51.3 Å². The maximum Gasteiger partial charge on any atom is 0.322 e. The molecule has 2 amide bonds. The van der Waals surface area contributed by atoms with Gasteiger partial charge in [-0.05, 0) is 73.4 Å². The van der Waals surface area contributed by atoms with Crippen molar-refractivity contribution in [2.24, 2.45) is 0 Å². The molecule has 3 aromatic rings. The highest BCUT2D eigenvalue weighted by Gasteiger charge is 2.24. The maximum absolute atomic E-state index is 13.2. The summed E-state index contributed by atoms with van der Waals surface area (Å²) in [6.07, 6.45) is 4.81. The van der Waals surface area contributed by atoms with E-state index in [-0.39, 0.29) is 24.5 Å². The van der Waals surface area contributed by atoms with Gasteiger partial charge in [0.05, 0.1) is 17.0 Å². The number of rotatable bonds is 11. The number of amides is 2. The lowest BCUT2D eigenvalue weighted by molar-refractivity contribution is 0.188. The van der Waals surface area contributed by atoms with E-state index in [2.05, 4.69) is 34.0 Å². The molecule has 1 aliphatic heterocycles.